The lowest BCUT2D eigenvalue weighted by atomic mass is 10.2. The molecule has 1 aromatic rings. The fraction of sp³-hybridized carbons (Fsp3) is 0.308. The van der Waals surface area contributed by atoms with E-state index in [1.54, 1.807) is 6.07 Å². The number of halogens is 1. The zero-order valence-electron chi connectivity index (χ0n) is 12.1. The number of aryl methyl sites for hydroxylation is 1. The number of carbonyl (C=O) groups is 2. The van der Waals surface area contributed by atoms with Gasteiger partial charge >= 0.3 is 6.09 Å². The molecule has 2 amide bonds. The monoisotopic (exact) mass is 389 g/mol. The van der Waals surface area contributed by atoms with Crippen LogP contribution in [0.2, 0.25) is 0 Å². The van der Waals surface area contributed by atoms with Crippen LogP contribution in [0.4, 0.5) is 4.79 Å². The summed E-state index contributed by atoms with van der Waals surface area (Å²) in [6.45, 7) is 1.83. The number of hydrazine groups is 1. The first-order valence-corrected chi connectivity index (χ1v) is 7.51. The Morgan fingerprint density at radius 1 is 1.32 bits per heavy atom. The van der Waals surface area contributed by atoms with Crippen molar-refractivity contribution in [2.45, 2.75) is 13.3 Å². The summed E-state index contributed by atoms with van der Waals surface area (Å²) in [6.07, 6.45) is 0.180. The molecule has 1 rings (SSSR count). The zero-order valence-corrected chi connectivity index (χ0v) is 14.5. The molecule has 0 unspecified atom stereocenters. The highest BCUT2D eigenvalue weighted by atomic mass is 79.9. The van der Waals surface area contributed by atoms with Crippen molar-refractivity contribution in [3.8, 4) is 5.75 Å². The van der Waals surface area contributed by atoms with Gasteiger partial charge in [-0.1, -0.05) is 13.0 Å². The van der Waals surface area contributed by atoms with Crippen molar-refractivity contribution in [3.63, 3.8) is 0 Å². The molecule has 0 spiro atoms. The molecule has 0 aliphatic carbocycles. The van der Waals surface area contributed by atoms with Crippen LogP contribution in [0, 0.1) is 0 Å². The third-order valence-corrected chi connectivity index (χ3v) is 3.30. The van der Waals surface area contributed by atoms with E-state index in [-0.39, 0.29) is 11.7 Å². The predicted octanol–water partition coefficient (Wildman–Crippen LogP) is 1.65. The molecule has 0 aliphatic rings. The minimum absolute atomic E-state index is 0.0700. The van der Waals surface area contributed by atoms with Crippen molar-refractivity contribution in [1.29, 1.82) is 0 Å². The maximum absolute atomic E-state index is 11.7. The molecule has 0 saturated carbocycles. The summed E-state index contributed by atoms with van der Waals surface area (Å²) in [5.41, 5.74) is 5.57. The Bertz CT molecular complexity index is 568. The van der Waals surface area contributed by atoms with Crippen molar-refractivity contribution in [3.05, 3.63) is 28.2 Å². The number of carbonyl (C=O) groups excluding carboxylic acids is 2. The summed E-state index contributed by atoms with van der Waals surface area (Å²) in [5.74, 6) is 0.0922. The molecule has 0 fully saturated rings. The number of hydrogen-bond donors (Lipinski definition) is 3. The van der Waals surface area contributed by atoms with Crippen LogP contribution in [-0.2, 0) is 16.0 Å². The lowest BCUT2D eigenvalue weighted by Gasteiger charge is -2.11. The number of nitrogens with one attached hydrogen (secondary N) is 3. The number of ether oxygens (including phenoxy) is 2. The van der Waals surface area contributed by atoms with Crippen LogP contribution in [0.1, 0.15) is 12.5 Å². The van der Waals surface area contributed by atoms with Crippen molar-refractivity contribution in [1.82, 2.24) is 16.2 Å². The molecule has 22 heavy (non-hydrogen) atoms. The van der Waals surface area contributed by atoms with Crippen molar-refractivity contribution in [2.24, 2.45) is 0 Å². The van der Waals surface area contributed by atoms with Crippen LogP contribution in [-0.4, -0.2) is 30.8 Å². The van der Waals surface area contributed by atoms with E-state index < -0.39 is 12.0 Å². The summed E-state index contributed by atoms with van der Waals surface area (Å²) in [7, 11) is 1.20. The standard InChI is InChI=1S/C13H16BrN3O4S/c1-3-8-4-5-10(9(14)6-8)21-7-11(18)15-12(22)16-17-13(19)20-2/h4-6H,3,7H2,1-2H3,(H,17,19)(H2,15,16,18,22). The Labute approximate surface area is 141 Å². The van der Waals surface area contributed by atoms with Crippen LogP contribution in [0.3, 0.4) is 0 Å². The minimum Gasteiger partial charge on any atom is -0.483 e. The highest BCUT2D eigenvalue weighted by molar-refractivity contribution is 9.10. The van der Waals surface area contributed by atoms with E-state index in [0.717, 1.165) is 16.5 Å². The van der Waals surface area contributed by atoms with Crippen molar-refractivity contribution in [2.75, 3.05) is 13.7 Å². The summed E-state index contributed by atoms with van der Waals surface area (Å²) in [6, 6.07) is 5.63. The largest absolute Gasteiger partial charge is 0.483 e. The van der Waals surface area contributed by atoms with Gasteiger partial charge < -0.3 is 9.47 Å². The number of methoxy groups -OCH3 is 1. The zero-order chi connectivity index (χ0) is 16.5. The molecule has 1 aromatic carbocycles. The highest BCUT2D eigenvalue weighted by Gasteiger charge is 2.08. The van der Waals surface area contributed by atoms with Crippen LogP contribution in [0.15, 0.2) is 22.7 Å². The first-order valence-electron chi connectivity index (χ1n) is 6.31. The fourth-order valence-corrected chi connectivity index (χ4v) is 2.08. The van der Waals surface area contributed by atoms with Gasteiger partial charge in [0.15, 0.2) is 11.7 Å². The van der Waals surface area contributed by atoms with Gasteiger partial charge in [-0.3, -0.25) is 15.5 Å². The number of amides is 2. The molecule has 0 aromatic heterocycles. The highest BCUT2D eigenvalue weighted by Crippen LogP contribution is 2.26. The number of thiocarbonyl (C=S) groups is 1. The van der Waals surface area contributed by atoms with E-state index in [0.29, 0.717) is 5.75 Å². The molecule has 0 aliphatic heterocycles. The Morgan fingerprint density at radius 2 is 2.05 bits per heavy atom. The van der Waals surface area contributed by atoms with E-state index in [4.69, 9.17) is 17.0 Å². The lowest BCUT2D eigenvalue weighted by Crippen LogP contribution is -2.49. The van der Waals surface area contributed by atoms with Gasteiger partial charge in [0.1, 0.15) is 5.75 Å². The Morgan fingerprint density at radius 3 is 2.64 bits per heavy atom. The summed E-state index contributed by atoms with van der Waals surface area (Å²) >= 11 is 8.19. The van der Waals surface area contributed by atoms with E-state index in [9.17, 15) is 9.59 Å². The molecule has 0 heterocycles. The SMILES string of the molecule is CCc1ccc(OCC(=O)NC(=S)NNC(=O)OC)c(Br)c1. The van der Waals surface area contributed by atoms with Gasteiger partial charge in [0.05, 0.1) is 11.6 Å². The first-order chi connectivity index (χ1) is 10.5. The lowest BCUT2D eigenvalue weighted by molar-refractivity contribution is -0.121. The first kappa shape index (κ1) is 18.2. The number of benzene rings is 1. The van der Waals surface area contributed by atoms with E-state index in [2.05, 4.69) is 36.8 Å². The molecular formula is C13H16BrN3O4S. The molecule has 3 N–H and O–H groups in total. The van der Waals surface area contributed by atoms with Gasteiger partial charge in [-0.2, -0.15) is 0 Å². The number of rotatable bonds is 4. The quantitative estimate of drug-likeness (QED) is 0.535. The molecule has 0 atom stereocenters. The normalized spacial score (nSPS) is 9.59. The molecule has 0 saturated heterocycles. The van der Waals surface area contributed by atoms with Crippen LogP contribution >= 0.6 is 28.1 Å². The second-order valence-electron chi connectivity index (χ2n) is 4.03. The summed E-state index contributed by atoms with van der Waals surface area (Å²) in [4.78, 5) is 22.5. The van der Waals surface area contributed by atoms with Crippen LogP contribution in [0.25, 0.3) is 0 Å². The average molecular weight is 390 g/mol. The summed E-state index contributed by atoms with van der Waals surface area (Å²) in [5, 5.41) is 2.27. The molecular weight excluding hydrogens is 374 g/mol. The van der Waals surface area contributed by atoms with Crippen LogP contribution < -0.4 is 20.9 Å². The maximum Gasteiger partial charge on any atom is 0.425 e. The molecule has 7 nitrogen and oxygen atoms in total. The molecule has 120 valence electrons. The average Bonchev–Trinajstić information content (AvgIpc) is 2.51. The molecule has 9 heteroatoms. The maximum atomic E-state index is 11.7. The van der Waals surface area contributed by atoms with Gasteiger partial charge in [0.25, 0.3) is 5.91 Å². The van der Waals surface area contributed by atoms with Crippen molar-refractivity contribution >= 4 is 45.3 Å². The molecule has 0 bridgehead atoms. The smallest absolute Gasteiger partial charge is 0.425 e. The van der Waals surface area contributed by atoms with Crippen LogP contribution in [0.5, 0.6) is 5.75 Å². The Balaban J connectivity index is 2.40. The summed E-state index contributed by atoms with van der Waals surface area (Å²) < 4.78 is 10.5. The third-order valence-electron chi connectivity index (χ3n) is 2.48. The van der Waals surface area contributed by atoms with Gasteiger partial charge in [-0.05, 0) is 52.3 Å². The van der Waals surface area contributed by atoms with Crippen molar-refractivity contribution < 1.29 is 19.1 Å². The van der Waals surface area contributed by atoms with E-state index in [1.807, 2.05) is 19.1 Å². The number of hydrogen-bond acceptors (Lipinski definition) is 5. The predicted molar refractivity (Wildman–Crippen MR) is 88.4 cm³/mol. The van der Waals surface area contributed by atoms with Gasteiger partial charge in [0, 0.05) is 0 Å². The molecule has 0 radical (unpaired) electrons. The second kappa shape index (κ2) is 9.21. The second-order valence-corrected chi connectivity index (χ2v) is 5.29. The third kappa shape index (κ3) is 6.27. The van der Waals surface area contributed by atoms with Gasteiger partial charge in [-0.15, -0.1) is 0 Å². The Hall–Kier alpha value is -1.87. The topological polar surface area (TPSA) is 88.7 Å². The fourth-order valence-electron chi connectivity index (χ4n) is 1.38. The van der Waals surface area contributed by atoms with Gasteiger partial charge in [-0.25, -0.2) is 10.2 Å². The van der Waals surface area contributed by atoms with E-state index >= 15 is 0 Å². The van der Waals surface area contributed by atoms with Gasteiger partial charge in [0.2, 0.25) is 0 Å². The Kier molecular flexibility index (Phi) is 7.61. The van der Waals surface area contributed by atoms with E-state index in [1.165, 1.54) is 7.11 Å². The minimum atomic E-state index is -0.729.